The van der Waals surface area contributed by atoms with Crippen molar-refractivity contribution in [1.82, 2.24) is 0 Å². The van der Waals surface area contributed by atoms with Crippen LogP contribution in [0.15, 0.2) is 29.2 Å². The zero-order valence-corrected chi connectivity index (χ0v) is 13.2. The molecule has 1 aromatic carbocycles. The van der Waals surface area contributed by atoms with Gasteiger partial charge in [-0.2, -0.15) is 0 Å². The summed E-state index contributed by atoms with van der Waals surface area (Å²) in [6, 6.07) is 4.09. The highest BCUT2D eigenvalue weighted by atomic mass is 35.5. The summed E-state index contributed by atoms with van der Waals surface area (Å²) >= 11 is 12.5. The maximum atomic E-state index is 13.4. The van der Waals surface area contributed by atoms with E-state index in [9.17, 15) is 17.6 Å². The minimum Gasteiger partial charge on any atom is -0.322 e. The Hall–Kier alpha value is -1.19. The summed E-state index contributed by atoms with van der Waals surface area (Å²) in [7, 11) is -4.09. The Morgan fingerprint density at radius 2 is 1.90 bits per heavy atom. The third kappa shape index (κ3) is 3.92. The number of hydrogen-bond acceptors (Lipinski definition) is 4. The molecule has 1 amide bonds. The number of nitrogens with one attached hydrogen (secondary N) is 1. The molecule has 2 aromatic rings. The number of halogens is 3. The van der Waals surface area contributed by atoms with E-state index in [2.05, 4.69) is 5.32 Å². The van der Waals surface area contributed by atoms with Crippen molar-refractivity contribution in [2.45, 2.75) is 4.90 Å². The van der Waals surface area contributed by atoms with Gasteiger partial charge in [0, 0.05) is 5.69 Å². The first-order valence-corrected chi connectivity index (χ1v) is 8.38. The molecular formula is C11H7Cl2FN2O3S2. The number of rotatable bonds is 3. The Bertz CT molecular complexity index is 821. The highest BCUT2D eigenvalue weighted by Crippen LogP contribution is 2.31. The van der Waals surface area contributed by atoms with Gasteiger partial charge in [-0.3, -0.25) is 4.79 Å². The second kappa shape index (κ2) is 5.90. The molecule has 5 nitrogen and oxygen atoms in total. The fourth-order valence-corrected chi connectivity index (χ4v) is 3.52. The van der Waals surface area contributed by atoms with Crippen LogP contribution in [0.1, 0.15) is 10.4 Å². The second-order valence-electron chi connectivity index (χ2n) is 3.91. The van der Waals surface area contributed by atoms with Crippen molar-refractivity contribution in [1.29, 1.82) is 0 Å². The van der Waals surface area contributed by atoms with Crippen LogP contribution >= 0.6 is 34.5 Å². The predicted molar refractivity (Wildman–Crippen MR) is 80.1 cm³/mol. The Morgan fingerprint density at radius 1 is 1.24 bits per heavy atom. The molecule has 1 aromatic heterocycles. The summed E-state index contributed by atoms with van der Waals surface area (Å²) in [4.78, 5) is 11.5. The Kier molecular flexibility index (Phi) is 4.54. The lowest BCUT2D eigenvalue weighted by atomic mass is 10.2. The molecule has 0 saturated carbocycles. The van der Waals surface area contributed by atoms with Crippen LogP contribution in [0, 0.1) is 5.82 Å². The first-order chi connectivity index (χ1) is 9.66. The molecule has 0 aliphatic heterocycles. The van der Waals surface area contributed by atoms with E-state index in [1.165, 1.54) is 6.07 Å². The number of benzene rings is 1. The molecule has 10 heteroatoms. The lowest BCUT2D eigenvalue weighted by molar-refractivity contribution is 0.102. The number of sulfonamides is 1. The van der Waals surface area contributed by atoms with E-state index in [1.807, 2.05) is 0 Å². The first-order valence-electron chi connectivity index (χ1n) is 5.26. The lowest BCUT2D eigenvalue weighted by Gasteiger charge is -2.06. The molecule has 0 bridgehead atoms. The monoisotopic (exact) mass is 368 g/mol. The SMILES string of the molecule is NS(=O)(=O)c1cc(F)cc(NC(=O)c2cc(Cl)sc2Cl)c1. The number of anilines is 1. The summed E-state index contributed by atoms with van der Waals surface area (Å²) in [6.45, 7) is 0. The molecular weight excluding hydrogens is 362 g/mol. The summed E-state index contributed by atoms with van der Waals surface area (Å²) in [6.07, 6.45) is 0. The van der Waals surface area contributed by atoms with Gasteiger partial charge in [-0.1, -0.05) is 23.2 Å². The first kappa shape index (κ1) is 16.2. The van der Waals surface area contributed by atoms with Crippen LogP contribution in [0.3, 0.4) is 0 Å². The van der Waals surface area contributed by atoms with E-state index in [0.717, 1.165) is 29.5 Å². The van der Waals surface area contributed by atoms with E-state index in [4.69, 9.17) is 28.3 Å². The number of primary sulfonamides is 1. The van der Waals surface area contributed by atoms with Crippen LogP contribution in [0.2, 0.25) is 8.67 Å². The molecule has 3 N–H and O–H groups in total. The van der Waals surface area contributed by atoms with Crippen molar-refractivity contribution in [2.24, 2.45) is 5.14 Å². The van der Waals surface area contributed by atoms with Gasteiger partial charge in [0.05, 0.1) is 14.8 Å². The summed E-state index contributed by atoms with van der Waals surface area (Å²) in [5, 5.41) is 7.25. The Balaban J connectivity index is 2.34. The van der Waals surface area contributed by atoms with E-state index in [0.29, 0.717) is 4.34 Å². The quantitative estimate of drug-likeness (QED) is 0.871. The van der Waals surface area contributed by atoms with Crippen LogP contribution in [0.5, 0.6) is 0 Å². The molecule has 0 atom stereocenters. The summed E-state index contributed by atoms with van der Waals surface area (Å²) in [5.74, 6) is -1.50. The van der Waals surface area contributed by atoms with Crippen molar-refractivity contribution in [3.05, 3.63) is 44.3 Å². The zero-order valence-electron chi connectivity index (χ0n) is 10.1. The van der Waals surface area contributed by atoms with Crippen molar-refractivity contribution >= 4 is 56.2 Å². The average molecular weight is 369 g/mol. The largest absolute Gasteiger partial charge is 0.322 e. The fraction of sp³-hybridized carbons (Fsp3) is 0. The smallest absolute Gasteiger partial charge is 0.258 e. The molecule has 1 heterocycles. The molecule has 21 heavy (non-hydrogen) atoms. The fourth-order valence-electron chi connectivity index (χ4n) is 1.49. The van der Waals surface area contributed by atoms with Gasteiger partial charge < -0.3 is 5.32 Å². The van der Waals surface area contributed by atoms with E-state index in [-0.39, 0.29) is 15.6 Å². The third-order valence-electron chi connectivity index (χ3n) is 2.36. The maximum Gasteiger partial charge on any atom is 0.258 e. The molecule has 0 saturated heterocycles. The Labute approximate surface area is 133 Å². The van der Waals surface area contributed by atoms with E-state index >= 15 is 0 Å². The number of thiophene rings is 1. The van der Waals surface area contributed by atoms with Gasteiger partial charge in [-0.25, -0.2) is 17.9 Å². The number of carbonyl (C=O) groups is 1. The van der Waals surface area contributed by atoms with Gasteiger partial charge in [-0.05, 0) is 24.3 Å². The van der Waals surface area contributed by atoms with Gasteiger partial charge in [0.25, 0.3) is 5.91 Å². The number of hydrogen-bond donors (Lipinski definition) is 2. The van der Waals surface area contributed by atoms with Crippen LogP contribution in [-0.4, -0.2) is 14.3 Å². The average Bonchev–Trinajstić information content (AvgIpc) is 2.66. The minimum absolute atomic E-state index is 0.0672. The predicted octanol–water partition coefficient (Wildman–Crippen LogP) is 3.09. The Morgan fingerprint density at radius 3 is 2.43 bits per heavy atom. The second-order valence-corrected chi connectivity index (χ2v) is 7.76. The molecule has 0 radical (unpaired) electrons. The molecule has 0 aliphatic rings. The minimum atomic E-state index is -4.09. The molecule has 112 valence electrons. The van der Waals surface area contributed by atoms with Crippen molar-refractivity contribution in [3.8, 4) is 0 Å². The van der Waals surface area contributed by atoms with Gasteiger partial charge >= 0.3 is 0 Å². The summed E-state index contributed by atoms with van der Waals surface area (Å²) < 4.78 is 36.3. The molecule has 0 aliphatic carbocycles. The third-order valence-corrected chi connectivity index (χ3v) is 4.74. The number of nitrogens with two attached hydrogens (primary N) is 1. The topological polar surface area (TPSA) is 89.3 Å². The molecule has 2 rings (SSSR count). The molecule has 0 fully saturated rings. The van der Waals surface area contributed by atoms with E-state index in [1.54, 1.807) is 0 Å². The van der Waals surface area contributed by atoms with Crippen LogP contribution in [0.25, 0.3) is 0 Å². The number of amides is 1. The van der Waals surface area contributed by atoms with Crippen LogP contribution in [0.4, 0.5) is 10.1 Å². The van der Waals surface area contributed by atoms with Crippen molar-refractivity contribution in [3.63, 3.8) is 0 Å². The van der Waals surface area contributed by atoms with Crippen LogP contribution < -0.4 is 10.5 Å². The molecule has 0 unspecified atom stereocenters. The van der Waals surface area contributed by atoms with Gasteiger partial charge in [0.2, 0.25) is 10.0 Å². The highest BCUT2D eigenvalue weighted by Gasteiger charge is 2.16. The van der Waals surface area contributed by atoms with Crippen molar-refractivity contribution in [2.75, 3.05) is 5.32 Å². The molecule has 0 spiro atoms. The number of carbonyl (C=O) groups excluding carboxylic acids is 1. The highest BCUT2D eigenvalue weighted by molar-refractivity contribution is 7.89. The maximum absolute atomic E-state index is 13.4. The van der Waals surface area contributed by atoms with Gasteiger partial charge in [-0.15, -0.1) is 11.3 Å². The van der Waals surface area contributed by atoms with Crippen LogP contribution in [-0.2, 0) is 10.0 Å². The van der Waals surface area contributed by atoms with Gasteiger partial charge in [0.1, 0.15) is 10.2 Å². The van der Waals surface area contributed by atoms with E-state index < -0.39 is 26.6 Å². The normalized spacial score (nSPS) is 11.4. The van der Waals surface area contributed by atoms with Crippen molar-refractivity contribution < 1.29 is 17.6 Å². The zero-order chi connectivity index (χ0) is 15.8. The standard InChI is InChI=1S/C11H7Cl2FN2O3S2/c12-9-4-8(10(13)20-9)11(17)16-6-1-5(14)2-7(3-6)21(15,18)19/h1-4H,(H,16,17)(H2,15,18,19). The summed E-state index contributed by atoms with van der Waals surface area (Å²) in [5.41, 5.74) is 0.0375. The van der Waals surface area contributed by atoms with Gasteiger partial charge in [0.15, 0.2) is 0 Å². The lowest BCUT2D eigenvalue weighted by Crippen LogP contribution is -2.15.